The van der Waals surface area contributed by atoms with E-state index < -0.39 is 0 Å². The fraction of sp³-hybridized carbons (Fsp3) is 0.385. The minimum atomic E-state index is -0.0697. The number of carbonyl (C=O) groups excluding carboxylic acids is 1. The highest BCUT2D eigenvalue weighted by molar-refractivity contribution is 5.92. The van der Waals surface area contributed by atoms with Crippen molar-refractivity contribution < 1.29 is 4.79 Å². The highest BCUT2D eigenvalue weighted by Gasteiger charge is 2.12. The normalized spacial score (nSPS) is 11.6. The number of rotatable bonds is 10. The van der Waals surface area contributed by atoms with Gasteiger partial charge < -0.3 is 10.2 Å². The molecule has 0 aliphatic carbocycles. The molecule has 0 saturated heterocycles. The molecule has 3 rings (SSSR count). The van der Waals surface area contributed by atoms with E-state index >= 15 is 0 Å². The van der Waals surface area contributed by atoms with Gasteiger partial charge in [0.25, 0.3) is 0 Å². The summed E-state index contributed by atoms with van der Waals surface area (Å²) in [5, 5.41) is 3.00. The first kappa shape index (κ1) is 22.8. The summed E-state index contributed by atoms with van der Waals surface area (Å²) in [4.78, 5) is 19.6. The highest BCUT2D eigenvalue weighted by atomic mass is 16.1. The maximum atomic E-state index is 12.4. The van der Waals surface area contributed by atoms with Crippen molar-refractivity contribution in [1.29, 1.82) is 0 Å². The summed E-state index contributed by atoms with van der Waals surface area (Å²) >= 11 is 0. The molecule has 5 heteroatoms. The maximum Gasteiger partial charge on any atom is 0.244 e. The van der Waals surface area contributed by atoms with E-state index in [0.717, 1.165) is 60.6 Å². The van der Waals surface area contributed by atoms with Gasteiger partial charge in [-0.15, -0.1) is 0 Å². The molecule has 164 valence electrons. The first-order valence-corrected chi connectivity index (χ1v) is 11.3. The lowest BCUT2D eigenvalue weighted by molar-refractivity contribution is -0.116. The number of benzene rings is 1. The minimum Gasteiger partial charge on any atom is -0.353 e. The molecule has 0 bridgehead atoms. The van der Waals surface area contributed by atoms with Gasteiger partial charge >= 0.3 is 0 Å². The van der Waals surface area contributed by atoms with Crippen molar-refractivity contribution in [3.8, 4) is 11.3 Å². The molecule has 0 unspecified atom stereocenters. The number of carbonyl (C=O) groups is 1. The first-order valence-electron chi connectivity index (χ1n) is 11.3. The van der Waals surface area contributed by atoms with Crippen LogP contribution >= 0.6 is 0 Å². The number of nitrogens with zero attached hydrogens (tertiary/aromatic N) is 3. The molecule has 0 spiro atoms. The van der Waals surface area contributed by atoms with Crippen LogP contribution in [0.4, 0.5) is 0 Å². The fourth-order valence-corrected chi connectivity index (χ4v) is 3.67. The average Bonchev–Trinajstić information content (AvgIpc) is 3.12. The van der Waals surface area contributed by atoms with Gasteiger partial charge in [0.1, 0.15) is 5.65 Å². The largest absolute Gasteiger partial charge is 0.353 e. The predicted molar refractivity (Wildman–Crippen MR) is 129 cm³/mol. The molecule has 1 amide bonds. The van der Waals surface area contributed by atoms with E-state index in [1.165, 1.54) is 5.56 Å². The molecule has 0 radical (unpaired) electrons. The quantitative estimate of drug-likeness (QED) is 0.377. The molecular formula is C26H34N4O. The second-order valence-electron chi connectivity index (χ2n) is 8.00. The van der Waals surface area contributed by atoms with Crippen molar-refractivity contribution >= 4 is 17.6 Å². The summed E-state index contributed by atoms with van der Waals surface area (Å²) < 4.78 is 2.04. The third-order valence-electron chi connectivity index (χ3n) is 5.63. The van der Waals surface area contributed by atoms with Crippen molar-refractivity contribution in [2.45, 2.75) is 40.5 Å². The first-order chi connectivity index (χ1) is 15.0. The summed E-state index contributed by atoms with van der Waals surface area (Å²) in [5.41, 5.74) is 6.09. The Morgan fingerprint density at radius 2 is 1.81 bits per heavy atom. The third kappa shape index (κ3) is 6.05. The molecular weight excluding hydrogens is 384 g/mol. The summed E-state index contributed by atoms with van der Waals surface area (Å²) in [5.74, 6) is -0.0697. The van der Waals surface area contributed by atoms with Crippen LogP contribution in [0.5, 0.6) is 0 Å². The standard InChI is InChI=1S/C26H34N4O/c1-5-29(6-2)17-8-7-16-27-25(31)14-13-23-26(22-11-9-20(3)10-12-22)28-24-19-21(4)15-18-30(23)24/h9-15,18-19H,5-8,16-17H2,1-4H3,(H,27,31)/b14-13+. The van der Waals surface area contributed by atoms with E-state index in [1.807, 2.05) is 16.7 Å². The lowest BCUT2D eigenvalue weighted by Gasteiger charge is -2.17. The average molecular weight is 419 g/mol. The number of aryl methyl sites for hydroxylation is 2. The van der Waals surface area contributed by atoms with Gasteiger partial charge in [-0.05, 0) is 70.1 Å². The number of imidazole rings is 1. The van der Waals surface area contributed by atoms with Gasteiger partial charge in [-0.1, -0.05) is 43.7 Å². The molecule has 3 aromatic rings. The van der Waals surface area contributed by atoms with E-state index in [-0.39, 0.29) is 5.91 Å². The van der Waals surface area contributed by atoms with Gasteiger partial charge in [0, 0.05) is 24.4 Å². The van der Waals surface area contributed by atoms with Gasteiger partial charge in [0.05, 0.1) is 11.4 Å². The lowest BCUT2D eigenvalue weighted by Crippen LogP contribution is -2.26. The monoisotopic (exact) mass is 418 g/mol. The Morgan fingerprint density at radius 3 is 2.52 bits per heavy atom. The molecule has 5 nitrogen and oxygen atoms in total. The summed E-state index contributed by atoms with van der Waals surface area (Å²) in [6.45, 7) is 12.4. The maximum absolute atomic E-state index is 12.4. The fourth-order valence-electron chi connectivity index (χ4n) is 3.67. The van der Waals surface area contributed by atoms with Crippen molar-refractivity contribution in [2.75, 3.05) is 26.2 Å². The van der Waals surface area contributed by atoms with Gasteiger partial charge in [-0.25, -0.2) is 4.98 Å². The second-order valence-corrected chi connectivity index (χ2v) is 8.00. The number of hydrogen-bond acceptors (Lipinski definition) is 3. The van der Waals surface area contributed by atoms with Crippen molar-refractivity contribution in [1.82, 2.24) is 19.6 Å². The molecule has 0 fully saturated rings. The molecule has 2 heterocycles. The Bertz CT molecular complexity index is 1030. The van der Waals surface area contributed by atoms with Crippen molar-refractivity contribution in [2.24, 2.45) is 0 Å². The minimum absolute atomic E-state index is 0.0697. The van der Waals surface area contributed by atoms with Gasteiger partial charge in [0.15, 0.2) is 0 Å². The van der Waals surface area contributed by atoms with Crippen LogP contribution in [0.3, 0.4) is 0 Å². The van der Waals surface area contributed by atoms with E-state index in [0.29, 0.717) is 6.54 Å². The molecule has 31 heavy (non-hydrogen) atoms. The third-order valence-corrected chi connectivity index (χ3v) is 5.63. The molecule has 0 aliphatic rings. The van der Waals surface area contributed by atoms with Gasteiger partial charge in [-0.3, -0.25) is 9.20 Å². The van der Waals surface area contributed by atoms with E-state index in [9.17, 15) is 4.79 Å². The zero-order valence-electron chi connectivity index (χ0n) is 19.2. The number of hydrogen-bond donors (Lipinski definition) is 1. The Hall–Kier alpha value is -2.92. The smallest absolute Gasteiger partial charge is 0.244 e. The zero-order chi connectivity index (χ0) is 22.2. The van der Waals surface area contributed by atoms with E-state index in [4.69, 9.17) is 4.98 Å². The molecule has 0 saturated carbocycles. The van der Waals surface area contributed by atoms with Gasteiger partial charge in [-0.2, -0.15) is 0 Å². The number of unbranched alkanes of at least 4 members (excludes halogenated alkanes) is 1. The molecule has 0 aliphatic heterocycles. The van der Waals surface area contributed by atoms with Crippen LogP contribution in [-0.2, 0) is 4.79 Å². The van der Waals surface area contributed by atoms with Crippen LogP contribution in [0.15, 0.2) is 48.7 Å². The Morgan fingerprint density at radius 1 is 1.06 bits per heavy atom. The Balaban J connectivity index is 1.71. The van der Waals surface area contributed by atoms with Crippen LogP contribution in [0, 0.1) is 13.8 Å². The Kier molecular flexibility index (Phi) is 8.01. The van der Waals surface area contributed by atoms with Crippen LogP contribution in [0.1, 0.15) is 43.5 Å². The summed E-state index contributed by atoms with van der Waals surface area (Å²) in [6.07, 6.45) is 7.58. The molecule has 1 N–H and O–H groups in total. The SMILES string of the molecule is CCN(CC)CCCCNC(=O)/C=C/c1c(-c2ccc(C)cc2)nc2cc(C)ccn12. The Labute approximate surface area is 185 Å². The second kappa shape index (κ2) is 10.9. The number of pyridine rings is 1. The number of aromatic nitrogens is 2. The van der Waals surface area contributed by atoms with Crippen molar-refractivity contribution in [3.05, 3.63) is 65.5 Å². The van der Waals surface area contributed by atoms with Crippen LogP contribution in [0.2, 0.25) is 0 Å². The van der Waals surface area contributed by atoms with Crippen molar-refractivity contribution in [3.63, 3.8) is 0 Å². The zero-order valence-corrected chi connectivity index (χ0v) is 19.2. The molecule has 1 aromatic carbocycles. The highest BCUT2D eigenvalue weighted by Crippen LogP contribution is 2.26. The molecule has 2 aromatic heterocycles. The van der Waals surface area contributed by atoms with Crippen LogP contribution in [-0.4, -0.2) is 46.4 Å². The predicted octanol–water partition coefficient (Wildman–Crippen LogP) is 4.87. The molecule has 0 atom stereocenters. The van der Waals surface area contributed by atoms with E-state index in [1.54, 1.807) is 6.08 Å². The summed E-state index contributed by atoms with van der Waals surface area (Å²) in [7, 11) is 0. The number of fused-ring (bicyclic) bond motifs is 1. The van der Waals surface area contributed by atoms with Crippen LogP contribution < -0.4 is 5.32 Å². The van der Waals surface area contributed by atoms with Crippen LogP contribution in [0.25, 0.3) is 23.0 Å². The van der Waals surface area contributed by atoms with E-state index in [2.05, 4.69) is 74.3 Å². The van der Waals surface area contributed by atoms with Gasteiger partial charge in [0.2, 0.25) is 5.91 Å². The number of amides is 1. The lowest BCUT2D eigenvalue weighted by atomic mass is 10.1. The number of nitrogens with one attached hydrogen (secondary N) is 1. The summed E-state index contributed by atoms with van der Waals surface area (Å²) in [6, 6.07) is 12.5. The topological polar surface area (TPSA) is 49.6 Å².